The quantitative estimate of drug-likeness (QED) is 0.346. The Morgan fingerprint density at radius 1 is 1.13 bits per heavy atom. The number of amides is 3. The fraction of sp³-hybridized carbons (Fsp3) is 0.640. The first kappa shape index (κ1) is 29.5. The second kappa shape index (κ2) is 11.4. The number of carbonyl (C=O) groups excluding carboxylic acids is 2. The normalized spacial score (nSPS) is 22.4. The largest absolute Gasteiger partial charge is 0.416 e. The zero-order valence-electron chi connectivity index (χ0n) is 21.1. The average molecular weight is 548 g/mol. The third-order valence-electron chi connectivity index (χ3n) is 7.27. The Morgan fingerprint density at radius 2 is 1.74 bits per heavy atom. The van der Waals surface area contributed by atoms with Crippen LogP contribution in [0.3, 0.4) is 0 Å². The van der Waals surface area contributed by atoms with E-state index in [0.717, 1.165) is 12.8 Å². The molecule has 210 valence electrons. The molecule has 1 saturated heterocycles. The molecule has 1 aromatic carbocycles. The van der Waals surface area contributed by atoms with Crippen molar-refractivity contribution in [2.45, 2.75) is 64.1 Å². The molecule has 1 saturated carbocycles. The van der Waals surface area contributed by atoms with Crippen LogP contribution in [0.5, 0.6) is 0 Å². The highest BCUT2D eigenvalue weighted by molar-refractivity contribution is 5.82. The van der Waals surface area contributed by atoms with Gasteiger partial charge in [0.15, 0.2) is 0 Å². The van der Waals surface area contributed by atoms with E-state index in [0.29, 0.717) is 24.5 Å². The zero-order valence-corrected chi connectivity index (χ0v) is 21.1. The number of nitriles is 1. The first-order valence-electron chi connectivity index (χ1n) is 12.5. The number of nitrogens with zero attached hydrogens (tertiary/aromatic N) is 4. The van der Waals surface area contributed by atoms with Crippen molar-refractivity contribution in [3.8, 4) is 6.07 Å². The monoisotopic (exact) mass is 547 g/mol. The fourth-order valence-corrected chi connectivity index (χ4v) is 5.02. The van der Waals surface area contributed by atoms with Gasteiger partial charge in [0.1, 0.15) is 6.54 Å². The van der Waals surface area contributed by atoms with Gasteiger partial charge in [-0.05, 0) is 42.5 Å². The van der Waals surface area contributed by atoms with E-state index in [4.69, 9.17) is 5.73 Å². The van der Waals surface area contributed by atoms with E-state index in [1.165, 1.54) is 14.7 Å². The van der Waals surface area contributed by atoms with E-state index in [-0.39, 0.29) is 49.8 Å². The lowest BCUT2D eigenvalue weighted by Gasteiger charge is -2.28. The number of nitrogens with two attached hydrogens (primary N) is 1. The van der Waals surface area contributed by atoms with Gasteiger partial charge in [0.05, 0.1) is 29.2 Å². The van der Waals surface area contributed by atoms with Crippen molar-refractivity contribution >= 4 is 11.9 Å². The van der Waals surface area contributed by atoms with Gasteiger partial charge in [-0.3, -0.25) is 4.79 Å². The van der Waals surface area contributed by atoms with Gasteiger partial charge < -0.3 is 20.4 Å². The topological polar surface area (TPSA) is 93.7 Å². The highest BCUT2D eigenvalue weighted by Crippen LogP contribution is 2.39. The molecule has 1 heterocycles. The third-order valence-corrected chi connectivity index (χ3v) is 7.27. The number of hydrogen-bond donors (Lipinski definition) is 1. The minimum absolute atomic E-state index is 0.0479. The second-order valence-electron chi connectivity index (χ2n) is 9.82. The minimum Gasteiger partial charge on any atom is -0.330 e. The van der Waals surface area contributed by atoms with Crippen molar-refractivity contribution in [2.75, 3.05) is 26.2 Å². The van der Waals surface area contributed by atoms with Crippen LogP contribution < -0.4 is 5.73 Å². The zero-order chi connectivity index (χ0) is 28.4. The molecular weight excluding hydrogens is 516 g/mol. The molecule has 38 heavy (non-hydrogen) atoms. The predicted molar refractivity (Wildman–Crippen MR) is 125 cm³/mol. The Balaban J connectivity index is 1.80. The highest BCUT2D eigenvalue weighted by Gasteiger charge is 2.45. The maximum absolute atomic E-state index is 13.3. The summed E-state index contributed by atoms with van der Waals surface area (Å²) in [6.45, 7) is 3.17. The minimum atomic E-state index is -5.00. The van der Waals surface area contributed by atoms with Crippen LogP contribution in [0, 0.1) is 23.2 Å². The Morgan fingerprint density at radius 3 is 2.18 bits per heavy atom. The predicted octanol–water partition coefficient (Wildman–Crippen LogP) is 4.47. The summed E-state index contributed by atoms with van der Waals surface area (Å²) in [5.41, 5.74) is 2.67. The van der Waals surface area contributed by atoms with Crippen molar-refractivity contribution in [1.82, 2.24) is 14.7 Å². The van der Waals surface area contributed by atoms with E-state index in [1.807, 2.05) is 13.0 Å². The van der Waals surface area contributed by atoms with Gasteiger partial charge in [-0.15, -0.1) is 0 Å². The Kier molecular flexibility index (Phi) is 8.86. The van der Waals surface area contributed by atoms with Crippen LogP contribution in [0.4, 0.5) is 31.1 Å². The highest BCUT2D eigenvalue weighted by atomic mass is 19.4. The molecule has 0 radical (unpaired) electrons. The molecule has 1 aliphatic carbocycles. The molecule has 3 rings (SSSR count). The van der Waals surface area contributed by atoms with Crippen LogP contribution in [-0.2, 0) is 23.7 Å². The number of rotatable bonds is 10. The van der Waals surface area contributed by atoms with Crippen molar-refractivity contribution < 1.29 is 35.9 Å². The van der Waals surface area contributed by atoms with Crippen LogP contribution in [0.15, 0.2) is 18.2 Å². The molecule has 13 heteroatoms. The van der Waals surface area contributed by atoms with Crippen LogP contribution >= 0.6 is 0 Å². The number of urea groups is 1. The molecule has 0 spiro atoms. The van der Waals surface area contributed by atoms with Crippen LogP contribution in [0.2, 0.25) is 0 Å². The summed E-state index contributed by atoms with van der Waals surface area (Å²) in [7, 11) is 0. The van der Waals surface area contributed by atoms with Gasteiger partial charge in [-0.2, -0.15) is 31.6 Å². The summed E-state index contributed by atoms with van der Waals surface area (Å²) < 4.78 is 79.8. The lowest BCUT2D eigenvalue weighted by molar-refractivity contribution is -0.143. The maximum atomic E-state index is 13.3. The smallest absolute Gasteiger partial charge is 0.330 e. The summed E-state index contributed by atoms with van der Waals surface area (Å²) in [5.74, 6) is -0.844. The summed E-state index contributed by atoms with van der Waals surface area (Å²) in [4.78, 5) is 30.5. The van der Waals surface area contributed by atoms with E-state index in [1.54, 1.807) is 6.92 Å². The molecule has 0 aromatic heterocycles. The third kappa shape index (κ3) is 6.51. The second-order valence-corrected chi connectivity index (χ2v) is 9.82. The standard InChI is InChI=1S/C25H31F6N5O2/c1-3-16-9-21(16)35(6-5-32)22(37)17(11-33)13-34-14-20(4-2)36(23(34)38)12-15-7-18(24(26,27)28)10-19(8-15)25(29,30)31/h7-8,10,16-17,20-21H,3-4,6,9,11-14,33H2,1-2H3. The molecule has 2 aliphatic rings. The Labute approximate surface area is 217 Å². The summed E-state index contributed by atoms with van der Waals surface area (Å²) in [5, 5.41) is 9.20. The summed E-state index contributed by atoms with van der Waals surface area (Å²) in [6.07, 6.45) is -7.95. The van der Waals surface area contributed by atoms with E-state index >= 15 is 0 Å². The van der Waals surface area contributed by atoms with Gasteiger partial charge in [0.2, 0.25) is 5.91 Å². The average Bonchev–Trinajstić information content (AvgIpc) is 3.58. The van der Waals surface area contributed by atoms with Crippen molar-refractivity contribution in [2.24, 2.45) is 17.6 Å². The van der Waals surface area contributed by atoms with E-state index in [9.17, 15) is 41.2 Å². The molecule has 1 aromatic rings. The molecule has 3 amide bonds. The SMILES string of the molecule is CCC1CC1N(CC#N)C(=O)C(CN)CN1CC(CC)N(Cc2cc(C(F)(F)F)cc(C(F)(F)F)c2)C1=O. The molecule has 1 aliphatic heterocycles. The number of hydrogen-bond acceptors (Lipinski definition) is 4. The molecular formula is C25H31F6N5O2. The van der Waals surface area contributed by atoms with Gasteiger partial charge in [0.25, 0.3) is 0 Å². The molecule has 4 unspecified atom stereocenters. The lowest BCUT2D eigenvalue weighted by atomic mass is 10.0. The summed E-state index contributed by atoms with van der Waals surface area (Å²) >= 11 is 0. The number of halogens is 6. The van der Waals surface area contributed by atoms with E-state index in [2.05, 4.69) is 0 Å². The molecule has 2 N–H and O–H groups in total. The van der Waals surface area contributed by atoms with Gasteiger partial charge in [0, 0.05) is 32.2 Å². The van der Waals surface area contributed by atoms with Gasteiger partial charge in [-0.1, -0.05) is 20.3 Å². The first-order chi connectivity index (χ1) is 17.7. The number of benzene rings is 1. The molecule has 2 fully saturated rings. The van der Waals surface area contributed by atoms with Crippen molar-refractivity contribution in [1.29, 1.82) is 5.26 Å². The van der Waals surface area contributed by atoms with Crippen LogP contribution in [0.1, 0.15) is 49.8 Å². The van der Waals surface area contributed by atoms with Crippen LogP contribution in [0.25, 0.3) is 0 Å². The van der Waals surface area contributed by atoms with Crippen LogP contribution in [-0.4, -0.2) is 64.9 Å². The van der Waals surface area contributed by atoms with Gasteiger partial charge in [-0.25, -0.2) is 4.79 Å². The number of carbonyl (C=O) groups is 2. The lowest BCUT2D eigenvalue weighted by Crippen LogP contribution is -2.47. The molecule has 0 bridgehead atoms. The fourth-order valence-electron chi connectivity index (χ4n) is 5.02. The summed E-state index contributed by atoms with van der Waals surface area (Å²) in [6, 6.07) is 2.13. The van der Waals surface area contributed by atoms with Crippen molar-refractivity contribution in [3.05, 3.63) is 34.9 Å². The van der Waals surface area contributed by atoms with E-state index < -0.39 is 48.0 Å². The first-order valence-corrected chi connectivity index (χ1v) is 12.5. The Hall–Kier alpha value is -3.01. The van der Waals surface area contributed by atoms with Gasteiger partial charge >= 0.3 is 18.4 Å². The molecule has 7 nitrogen and oxygen atoms in total. The van der Waals surface area contributed by atoms with Crippen molar-refractivity contribution in [3.63, 3.8) is 0 Å². The molecule has 4 atom stereocenters. The Bertz CT molecular complexity index is 1040. The maximum Gasteiger partial charge on any atom is 0.416 e. The number of alkyl halides is 6.